The Labute approximate surface area is 286 Å². The fraction of sp³-hybridized carbons (Fsp3) is 0.0732. The van der Waals surface area contributed by atoms with Gasteiger partial charge in [0.25, 0.3) is 0 Å². The number of aromatic nitrogens is 2. The van der Waals surface area contributed by atoms with Crippen molar-refractivity contribution < 1.29 is 26.3 Å². The monoisotopic (exact) mass is 684 g/mol. The minimum absolute atomic E-state index is 0.0326. The van der Waals surface area contributed by atoms with Crippen LogP contribution in [0, 0.1) is 29.6 Å². The highest BCUT2D eigenvalue weighted by molar-refractivity contribution is 6.11. The number of rotatable bonds is 3. The van der Waals surface area contributed by atoms with Gasteiger partial charge in [0.1, 0.15) is 11.6 Å². The first-order valence-corrected chi connectivity index (χ1v) is 15.7. The smallest absolute Gasteiger partial charge is 0.308 e. The number of hydrogen-bond donors (Lipinski definition) is 0. The number of hydrogen-bond acceptors (Lipinski definition) is 2. The van der Waals surface area contributed by atoms with Crippen LogP contribution in [0.15, 0.2) is 115 Å². The Hall–Kier alpha value is -6.52. The molecule has 4 nitrogen and oxygen atoms in total. The molecule has 0 spiro atoms. The van der Waals surface area contributed by atoms with Crippen molar-refractivity contribution in [2.45, 2.75) is 19.3 Å². The van der Waals surface area contributed by atoms with E-state index >= 15 is 0 Å². The average Bonchev–Trinajstić information content (AvgIpc) is 3.62. The standard InChI is InChI=1S/C41H22F6N4/c1-23-10-13-30-28-6-2-4-8-34(28)50(36(30)16-23)37-18-25(27-14-11-24(21-48)17-33(27)41(45,46)47)19-38(32(37)22-49)51-35-9-5-3-7-29(35)31-15-12-26(20-39(31)51)40(42,43)44/h2-20H,1H3. The van der Waals surface area contributed by atoms with Crippen LogP contribution in [0.25, 0.3) is 66.1 Å². The molecule has 10 heteroatoms. The van der Waals surface area contributed by atoms with Crippen molar-refractivity contribution in [3.05, 3.63) is 143 Å². The van der Waals surface area contributed by atoms with E-state index < -0.39 is 23.5 Å². The molecule has 0 saturated carbocycles. The average molecular weight is 685 g/mol. The van der Waals surface area contributed by atoms with Gasteiger partial charge in [-0.05, 0) is 78.2 Å². The number of halogens is 6. The Morgan fingerprint density at radius 1 is 0.529 bits per heavy atom. The third kappa shape index (κ3) is 4.99. The second kappa shape index (κ2) is 11.3. The van der Waals surface area contributed by atoms with Crippen molar-refractivity contribution >= 4 is 43.6 Å². The summed E-state index contributed by atoms with van der Waals surface area (Å²) in [5.74, 6) is 0. The zero-order chi connectivity index (χ0) is 35.8. The van der Waals surface area contributed by atoms with E-state index in [9.17, 15) is 36.9 Å². The summed E-state index contributed by atoms with van der Waals surface area (Å²) < 4.78 is 89.8. The number of nitriles is 2. The molecule has 6 aromatic carbocycles. The van der Waals surface area contributed by atoms with Gasteiger partial charge >= 0.3 is 12.4 Å². The molecule has 0 atom stereocenters. The first-order chi connectivity index (χ1) is 24.4. The van der Waals surface area contributed by atoms with Crippen LogP contribution in [0.1, 0.15) is 27.8 Å². The zero-order valence-electron chi connectivity index (χ0n) is 26.5. The van der Waals surface area contributed by atoms with Crippen molar-refractivity contribution in [1.82, 2.24) is 9.13 Å². The van der Waals surface area contributed by atoms with Crippen LogP contribution >= 0.6 is 0 Å². The molecule has 2 aromatic heterocycles. The highest BCUT2D eigenvalue weighted by Crippen LogP contribution is 2.44. The summed E-state index contributed by atoms with van der Waals surface area (Å²) in [4.78, 5) is 0. The fourth-order valence-corrected chi connectivity index (χ4v) is 7.08. The summed E-state index contributed by atoms with van der Waals surface area (Å²) in [7, 11) is 0. The molecule has 51 heavy (non-hydrogen) atoms. The van der Waals surface area contributed by atoms with E-state index in [1.54, 1.807) is 30.3 Å². The summed E-state index contributed by atoms with van der Waals surface area (Å²) in [6.45, 7) is 1.90. The molecule has 0 bridgehead atoms. The Kier molecular flexibility index (Phi) is 7.00. The van der Waals surface area contributed by atoms with Crippen molar-refractivity contribution in [3.63, 3.8) is 0 Å². The van der Waals surface area contributed by atoms with E-state index in [0.717, 1.165) is 34.5 Å². The highest BCUT2D eigenvalue weighted by atomic mass is 19.4. The van der Waals surface area contributed by atoms with Crippen molar-refractivity contribution in [1.29, 1.82) is 10.5 Å². The lowest BCUT2D eigenvalue weighted by molar-refractivity contribution is -0.138. The van der Waals surface area contributed by atoms with Gasteiger partial charge < -0.3 is 9.13 Å². The van der Waals surface area contributed by atoms with Crippen LogP contribution in [-0.2, 0) is 12.4 Å². The van der Waals surface area contributed by atoms with Crippen LogP contribution in [0.2, 0.25) is 0 Å². The van der Waals surface area contributed by atoms with Crippen LogP contribution in [0.3, 0.4) is 0 Å². The second-order valence-corrected chi connectivity index (χ2v) is 12.3. The van der Waals surface area contributed by atoms with Gasteiger partial charge in [-0.3, -0.25) is 0 Å². The first-order valence-electron chi connectivity index (χ1n) is 15.7. The first kappa shape index (κ1) is 31.7. The quantitative estimate of drug-likeness (QED) is 0.174. The summed E-state index contributed by atoms with van der Waals surface area (Å²) in [6, 6.07) is 33.7. The van der Waals surface area contributed by atoms with Gasteiger partial charge in [0, 0.05) is 21.5 Å². The summed E-state index contributed by atoms with van der Waals surface area (Å²) in [5.41, 5.74) is 0.808. The minimum atomic E-state index is -4.87. The molecule has 248 valence electrons. The maximum atomic E-state index is 14.7. The minimum Gasteiger partial charge on any atom is -0.308 e. The number of benzene rings is 6. The molecule has 8 aromatic rings. The highest BCUT2D eigenvalue weighted by Gasteiger charge is 2.35. The lowest BCUT2D eigenvalue weighted by Crippen LogP contribution is -2.10. The topological polar surface area (TPSA) is 57.4 Å². The van der Waals surface area contributed by atoms with Gasteiger partial charge in [-0.1, -0.05) is 60.7 Å². The van der Waals surface area contributed by atoms with E-state index in [1.807, 2.05) is 54.0 Å². The number of aryl methyl sites for hydroxylation is 1. The maximum Gasteiger partial charge on any atom is 0.417 e. The van der Waals surface area contributed by atoms with E-state index in [0.29, 0.717) is 27.3 Å². The number of nitrogens with zero attached hydrogens (tertiary/aromatic N) is 4. The Balaban J connectivity index is 1.59. The van der Waals surface area contributed by atoms with Crippen molar-refractivity contribution in [2.75, 3.05) is 0 Å². The maximum absolute atomic E-state index is 14.7. The molecule has 0 aliphatic heterocycles. The molecule has 0 amide bonds. The molecule has 0 N–H and O–H groups in total. The summed E-state index contributed by atoms with van der Waals surface area (Å²) in [5, 5.41) is 23.2. The Bertz CT molecular complexity index is 2820. The van der Waals surface area contributed by atoms with Gasteiger partial charge in [0.05, 0.1) is 56.2 Å². The van der Waals surface area contributed by atoms with Crippen LogP contribution in [0.5, 0.6) is 0 Å². The van der Waals surface area contributed by atoms with Crippen molar-refractivity contribution in [2.24, 2.45) is 0 Å². The molecule has 0 unspecified atom stereocenters. The molecule has 2 heterocycles. The number of fused-ring (bicyclic) bond motifs is 6. The fourth-order valence-electron chi connectivity index (χ4n) is 7.08. The molecule has 0 radical (unpaired) electrons. The SMILES string of the molecule is Cc1ccc2c3ccccc3n(-c3cc(-c4ccc(C#N)cc4C(F)(F)F)cc(-n4c5ccccc5c5ccc(C(F)(F)F)cc54)c3C#N)c2c1. The van der Waals surface area contributed by atoms with E-state index in [4.69, 9.17) is 0 Å². The van der Waals surface area contributed by atoms with E-state index in [-0.39, 0.29) is 39.1 Å². The summed E-state index contributed by atoms with van der Waals surface area (Å²) in [6.07, 6.45) is -9.56. The van der Waals surface area contributed by atoms with Gasteiger partial charge in [-0.15, -0.1) is 0 Å². The van der Waals surface area contributed by atoms with Gasteiger partial charge in [-0.25, -0.2) is 0 Å². The Morgan fingerprint density at radius 2 is 1.08 bits per heavy atom. The summed E-state index contributed by atoms with van der Waals surface area (Å²) >= 11 is 0. The van der Waals surface area contributed by atoms with Gasteiger partial charge in [0.2, 0.25) is 0 Å². The molecular weight excluding hydrogens is 662 g/mol. The molecule has 0 saturated heterocycles. The predicted octanol–water partition coefficient (Wildman–Crippen LogP) is 11.6. The van der Waals surface area contributed by atoms with Crippen LogP contribution in [0.4, 0.5) is 26.3 Å². The third-order valence-corrected chi connectivity index (χ3v) is 9.29. The molecule has 0 aliphatic rings. The van der Waals surface area contributed by atoms with Crippen LogP contribution in [-0.4, -0.2) is 9.13 Å². The predicted molar refractivity (Wildman–Crippen MR) is 185 cm³/mol. The Morgan fingerprint density at radius 3 is 1.63 bits per heavy atom. The van der Waals surface area contributed by atoms with Gasteiger partial charge in [0.15, 0.2) is 0 Å². The number of para-hydroxylation sites is 2. The van der Waals surface area contributed by atoms with Crippen molar-refractivity contribution in [3.8, 4) is 34.6 Å². The lowest BCUT2D eigenvalue weighted by atomic mass is 9.94. The van der Waals surface area contributed by atoms with E-state index in [2.05, 4.69) is 6.07 Å². The molecule has 0 fully saturated rings. The number of alkyl halides is 6. The molecule has 0 aliphatic carbocycles. The second-order valence-electron chi connectivity index (χ2n) is 12.3. The molecular formula is C41H22F6N4. The van der Waals surface area contributed by atoms with E-state index in [1.165, 1.54) is 34.9 Å². The third-order valence-electron chi connectivity index (χ3n) is 9.29. The zero-order valence-corrected chi connectivity index (χ0v) is 26.5. The normalized spacial score (nSPS) is 12.2. The lowest BCUT2D eigenvalue weighted by Gasteiger charge is -2.20. The largest absolute Gasteiger partial charge is 0.417 e. The molecule has 8 rings (SSSR count). The van der Waals surface area contributed by atoms with Crippen LogP contribution < -0.4 is 0 Å². The van der Waals surface area contributed by atoms with Gasteiger partial charge in [-0.2, -0.15) is 36.9 Å².